The van der Waals surface area contributed by atoms with E-state index in [1.807, 2.05) is 18.2 Å². The second kappa shape index (κ2) is 6.24. The van der Waals surface area contributed by atoms with Crippen LogP contribution < -0.4 is 5.32 Å². The Morgan fingerprint density at radius 2 is 2.21 bits per heavy atom. The van der Waals surface area contributed by atoms with Crippen LogP contribution in [0.4, 0.5) is 0 Å². The fraction of sp³-hybridized carbons (Fsp3) is 0.278. The van der Waals surface area contributed by atoms with Crippen LogP contribution in [-0.2, 0) is 11.2 Å². The summed E-state index contributed by atoms with van der Waals surface area (Å²) in [6.45, 7) is 0.665. The van der Waals surface area contributed by atoms with Gasteiger partial charge in [0, 0.05) is 24.2 Å². The SMILES string of the molecule is O=C(NCCc1cccc(-c2ccnc3c(Cl)cnn23)c1)C1CC1. The molecule has 1 aromatic carbocycles. The summed E-state index contributed by atoms with van der Waals surface area (Å²) in [5, 5.41) is 7.84. The van der Waals surface area contributed by atoms with Crippen molar-refractivity contribution in [1.29, 1.82) is 0 Å². The van der Waals surface area contributed by atoms with Crippen LogP contribution in [0.5, 0.6) is 0 Å². The Morgan fingerprint density at radius 1 is 1.33 bits per heavy atom. The molecule has 24 heavy (non-hydrogen) atoms. The zero-order chi connectivity index (χ0) is 16.5. The first-order valence-electron chi connectivity index (χ1n) is 8.07. The van der Waals surface area contributed by atoms with Gasteiger partial charge in [-0.25, -0.2) is 9.50 Å². The predicted molar refractivity (Wildman–Crippen MR) is 92.9 cm³/mol. The van der Waals surface area contributed by atoms with Crippen molar-refractivity contribution in [1.82, 2.24) is 19.9 Å². The molecule has 2 heterocycles. The van der Waals surface area contributed by atoms with Gasteiger partial charge in [-0.1, -0.05) is 29.8 Å². The van der Waals surface area contributed by atoms with Gasteiger partial charge in [-0.05, 0) is 37.0 Å². The maximum Gasteiger partial charge on any atom is 0.223 e. The first-order valence-corrected chi connectivity index (χ1v) is 8.45. The van der Waals surface area contributed by atoms with Crippen LogP contribution in [0.3, 0.4) is 0 Å². The lowest BCUT2D eigenvalue weighted by molar-refractivity contribution is -0.122. The van der Waals surface area contributed by atoms with Gasteiger partial charge < -0.3 is 5.32 Å². The van der Waals surface area contributed by atoms with Crippen molar-refractivity contribution in [2.24, 2.45) is 5.92 Å². The number of aromatic nitrogens is 3. The van der Waals surface area contributed by atoms with E-state index in [2.05, 4.69) is 27.5 Å². The van der Waals surface area contributed by atoms with Crippen molar-refractivity contribution >= 4 is 23.2 Å². The Bertz CT molecular complexity index is 901. The largest absolute Gasteiger partial charge is 0.356 e. The van der Waals surface area contributed by atoms with E-state index in [1.54, 1.807) is 16.9 Å². The van der Waals surface area contributed by atoms with Gasteiger partial charge in [0.2, 0.25) is 5.91 Å². The fourth-order valence-corrected chi connectivity index (χ4v) is 2.96. The zero-order valence-corrected chi connectivity index (χ0v) is 13.8. The third kappa shape index (κ3) is 2.99. The number of carbonyl (C=O) groups excluding carboxylic acids is 1. The minimum atomic E-state index is 0.188. The Hall–Kier alpha value is -2.40. The summed E-state index contributed by atoms with van der Waals surface area (Å²) in [6, 6.07) is 10.2. The van der Waals surface area contributed by atoms with E-state index < -0.39 is 0 Å². The van der Waals surface area contributed by atoms with Gasteiger partial charge in [0.1, 0.15) is 5.02 Å². The summed E-state index contributed by atoms with van der Waals surface area (Å²) in [5.74, 6) is 0.444. The summed E-state index contributed by atoms with van der Waals surface area (Å²) in [5.41, 5.74) is 3.81. The lowest BCUT2D eigenvalue weighted by Gasteiger charge is -2.08. The van der Waals surface area contributed by atoms with Crippen LogP contribution in [0.1, 0.15) is 18.4 Å². The van der Waals surface area contributed by atoms with Crippen molar-refractivity contribution in [3.05, 3.63) is 53.3 Å². The summed E-state index contributed by atoms with van der Waals surface area (Å²) in [7, 11) is 0. The highest BCUT2D eigenvalue weighted by atomic mass is 35.5. The molecule has 0 radical (unpaired) electrons. The maximum atomic E-state index is 11.7. The lowest BCUT2D eigenvalue weighted by Crippen LogP contribution is -2.26. The van der Waals surface area contributed by atoms with Gasteiger partial charge in [0.05, 0.1) is 11.9 Å². The Balaban J connectivity index is 1.54. The third-order valence-electron chi connectivity index (χ3n) is 4.24. The topological polar surface area (TPSA) is 59.3 Å². The molecule has 1 aliphatic carbocycles. The number of benzene rings is 1. The molecule has 1 amide bonds. The highest BCUT2D eigenvalue weighted by Crippen LogP contribution is 2.28. The molecule has 6 heteroatoms. The highest BCUT2D eigenvalue weighted by Gasteiger charge is 2.28. The summed E-state index contributed by atoms with van der Waals surface area (Å²) in [6.07, 6.45) is 6.21. The molecule has 2 aromatic heterocycles. The Kier molecular flexibility index (Phi) is 3.94. The van der Waals surface area contributed by atoms with Crippen LogP contribution in [0.15, 0.2) is 42.7 Å². The predicted octanol–water partition coefficient (Wildman–Crippen LogP) is 3.12. The fourth-order valence-electron chi connectivity index (χ4n) is 2.79. The molecular weight excluding hydrogens is 324 g/mol. The van der Waals surface area contributed by atoms with E-state index in [0.717, 1.165) is 30.5 Å². The van der Waals surface area contributed by atoms with Crippen molar-refractivity contribution in [3.8, 4) is 11.3 Å². The van der Waals surface area contributed by atoms with Crippen molar-refractivity contribution < 1.29 is 4.79 Å². The minimum absolute atomic E-state index is 0.188. The maximum absolute atomic E-state index is 11.7. The van der Waals surface area contributed by atoms with Crippen molar-refractivity contribution in [3.63, 3.8) is 0 Å². The number of hydrogen-bond donors (Lipinski definition) is 1. The van der Waals surface area contributed by atoms with Gasteiger partial charge in [-0.15, -0.1) is 0 Å². The number of hydrogen-bond acceptors (Lipinski definition) is 3. The molecule has 122 valence electrons. The number of halogens is 1. The Morgan fingerprint density at radius 3 is 3.04 bits per heavy atom. The molecule has 5 nitrogen and oxygen atoms in total. The molecule has 1 fully saturated rings. The van der Waals surface area contributed by atoms with Crippen LogP contribution >= 0.6 is 11.6 Å². The number of nitrogens with one attached hydrogen (secondary N) is 1. The van der Waals surface area contributed by atoms with Gasteiger partial charge in [0.25, 0.3) is 0 Å². The molecule has 0 spiro atoms. The number of fused-ring (bicyclic) bond motifs is 1. The average Bonchev–Trinajstić information content (AvgIpc) is 3.39. The second-order valence-electron chi connectivity index (χ2n) is 6.07. The number of amides is 1. The summed E-state index contributed by atoms with van der Waals surface area (Å²) in [4.78, 5) is 16.0. The zero-order valence-electron chi connectivity index (χ0n) is 13.1. The third-order valence-corrected chi connectivity index (χ3v) is 4.51. The standard InChI is InChI=1S/C18H17ClN4O/c19-15-11-22-23-16(7-9-20-17(15)23)14-3-1-2-12(10-14)6-8-21-18(24)13-4-5-13/h1-3,7,9-11,13H,4-6,8H2,(H,21,24). The van der Waals surface area contributed by atoms with Crippen LogP contribution in [-0.4, -0.2) is 27.0 Å². The van der Waals surface area contributed by atoms with Crippen LogP contribution in [0.2, 0.25) is 5.02 Å². The van der Waals surface area contributed by atoms with E-state index >= 15 is 0 Å². The summed E-state index contributed by atoms with van der Waals surface area (Å²) < 4.78 is 1.75. The molecule has 0 bridgehead atoms. The van der Waals surface area contributed by atoms with E-state index in [9.17, 15) is 4.79 Å². The molecule has 4 rings (SSSR count). The van der Waals surface area contributed by atoms with Gasteiger partial charge in [0.15, 0.2) is 5.65 Å². The van der Waals surface area contributed by atoms with Crippen LogP contribution in [0, 0.1) is 5.92 Å². The average molecular weight is 341 g/mol. The molecule has 3 aromatic rings. The molecule has 0 atom stereocenters. The molecule has 0 saturated heterocycles. The monoisotopic (exact) mass is 340 g/mol. The number of nitrogens with zero attached hydrogens (tertiary/aromatic N) is 3. The minimum Gasteiger partial charge on any atom is -0.356 e. The molecule has 0 unspecified atom stereocenters. The normalized spacial score (nSPS) is 14.0. The number of carbonyl (C=O) groups is 1. The lowest BCUT2D eigenvalue weighted by atomic mass is 10.1. The molecule has 1 saturated carbocycles. The molecular formula is C18H17ClN4O. The number of rotatable bonds is 5. The summed E-state index contributed by atoms with van der Waals surface area (Å²) >= 11 is 6.11. The van der Waals surface area contributed by atoms with Crippen molar-refractivity contribution in [2.75, 3.05) is 6.54 Å². The van der Waals surface area contributed by atoms with Gasteiger partial charge in [-0.2, -0.15) is 5.10 Å². The van der Waals surface area contributed by atoms with E-state index in [4.69, 9.17) is 11.6 Å². The molecule has 1 aliphatic rings. The Labute approximate surface area is 144 Å². The van der Waals surface area contributed by atoms with Crippen LogP contribution in [0.25, 0.3) is 16.9 Å². The quantitative estimate of drug-likeness (QED) is 0.776. The molecule has 1 N–H and O–H groups in total. The second-order valence-corrected chi connectivity index (χ2v) is 6.48. The van der Waals surface area contributed by atoms with E-state index in [1.165, 1.54) is 5.56 Å². The van der Waals surface area contributed by atoms with E-state index in [0.29, 0.717) is 17.2 Å². The van der Waals surface area contributed by atoms with Gasteiger partial charge >= 0.3 is 0 Å². The van der Waals surface area contributed by atoms with Gasteiger partial charge in [-0.3, -0.25) is 4.79 Å². The van der Waals surface area contributed by atoms with E-state index in [-0.39, 0.29) is 11.8 Å². The van der Waals surface area contributed by atoms with Crippen molar-refractivity contribution in [2.45, 2.75) is 19.3 Å². The highest BCUT2D eigenvalue weighted by molar-refractivity contribution is 6.33. The first kappa shape index (κ1) is 15.1. The molecule has 0 aliphatic heterocycles. The first-order chi connectivity index (χ1) is 11.7. The smallest absolute Gasteiger partial charge is 0.223 e.